The summed E-state index contributed by atoms with van der Waals surface area (Å²) < 4.78 is 13.3. The number of unbranched alkanes of at least 4 members (excludes halogenated alkanes) is 1. The summed E-state index contributed by atoms with van der Waals surface area (Å²) in [5, 5.41) is 5.56. The first-order valence-corrected chi connectivity index (χ1v) is 9.53. The molecule has 0 spiro atoms. The molecule has 1 fully saturated rings. The van der Waals surface area contributed by atoms with Crippen molar-refractivity contribution < 1.29 is 18.8 Å². The Morgan fingerprint density at radius 2 is 1.89 bits per heavy atom. The minimum Gasteiger partial charge on any atom is -0.352 e. The molecule has 2 atom stereocenters. The van der Waals surface area contributed by atoms with Gasteiger partial charge in [-0.15, -0.1) is 0 Å². The first kappa shape index (κ1) is 20.9. The maximum absolute atomic E-state index is 13.3. The summed E-state index contributed by atoms with van der Waals surface area (Å²) in [6.07, 6.45) is 3.68. The number of carbonyl (C=O) groups is 3. The van der Waals surface area contributed by atoms with E-state index in [4.69, 9.17) is 0 Å². The van der Waals surface area contributed by atoms with Crippen LogP contribution in [0.4, 0.5) is 9.18 Å². The second-order valence-corrected chi connectivity index (χ2v) is 7.09. The third-order valence-corrected chi connectivity index (χ3v) is 4.85. The lowest BCUT2D eigenvalue weighted by Gasteiger charge is -2.27. The molecule has 1 heterocycles. The number of imide groups is 1. The Morgan fingerprint density at radius 3 is 2.48 bits per heavy atom. The van der Waals surface area contributed by atoms with E-state index < -0.39 is 23.3 Å². The van der Waals surface area contributed by atoms with Gasteiger partial charge in [-0.25, -0.2) is 9.18 Å². The SMILES string of the molecule is CCCC[C@@]1(c2ccc(F)cc2)NC(=O)N(CC(=O)N[C@@H](C)CCC)C1=O. The largest absolute Gasteiger partial charge is 0.352 e. The maximum Gasteiger partial charge on any atom is 0.325 e. The lowest BCUT2D eigenvalue weighted by atomic mass is 9.85. The summed E-state index contributed by atoms with van der Waals surface area (Å²) in [6, 6.07) is 4.93. The van der Waals surface area contributed by atoms with Crippen LogP contribution in [0.5, 0.6) is 0 Å². The average Bonchev–Trinajstić information content (AvgIpc) is 2.86. The van der Waals surface area contributed by atoms with Gasteiger partial charge in [-0.2, -0.15) is 0 Å². The minimum atomic E-state index is -1.25. The molecule has 1 saturated heterocycles. The topological polar surface area (TPSA) is 78.5 Å². The number of hydrogen-bond donors (Lipinski definition) is 2. The van der Waals surface area contributed by atoms with Gasteiger partial charge in [0.1, 0.15) is 17.9 Å². The van der Waals surface area contributed by atoms with Gasteiger partial charge in [-0.1, -0.05) is 45.2 Å². The highest BCUT2D eigenvalue weighted by Gasteiger charge is 2.52. The van der Waals surface area contributed by atoms with E-state index in [1.165, 1.54) is 24.3 Å². The molecule has 0 unspecified atom stereocenters. The van der Waals surface area contributed by atoms with Crippen LogP contribution in [0, 0.1) is 5.82 Å². The predicted molar refractivity (Wildman–Crippen MR) is 100 cm³/mol. The van der Waals surface area contributed by atoms with Crippen LogP contribution in [0.15, 0.2) is 24.3 Å². The van der Waals surface area contributed by atoms with Gasteiger partial charge in [0.2, 0.25) is 5.91 Å². The molecule has 0 saturated carbocycles. The normalized spacial score (nSPS) is 20.5. The number of amides is 4. The zero-order chi connectivity index (χ0) is 20.0. The molecule has 0 aromatic heterocycles. The van der Waals surface area contributed by atoms with Crippen LogP contribution in [0.1, 0.15) is 58.4 Å². The van der Waals surface area contributed by atoms with E-state index >= 15 is 0 Å². The van der Waals surface area contributed by atoms with E-state index in [9.17, 15) is 18.8 Å². The fourth-order valence-corrected chi connectivity index (χ4v) is 3.42. The number of nitrogens with zero attached hydrogens (tertiary/aromatic N) is 1. The smallest absolute Gasteiger partial charge is 0.325 e. The number of nitrogens with one attached hydrogen (secondary N) is 2. The number of benzene rings is 1. The fourth-order valence-electron chi connectivity index (χ4n) is 3.42. The first-order valence-electron chi connectivity index (χ1n) is 9.53. The molecular weight excluding hydrogens is 349 g/mol. The van der Waals surface area contributed by atoms with Crippen LogP contribution in [-0.2, 0) is 15.1 Å². The molecule has 2 N–H and O–H groups in total. The van der Waals surface area contributed by atoms with Crippen molar-refractivity contribution in [2.75, 3.05) is 6.54 Å². The highest BCUT2D eigenvalue weighted by Crippen LogP contribution is 2.34. The predicted octanol–water partition coefficient (Wildman–Crippen LogP) is 3.07. The Hall–Kier alpha value is -2.44. The van der Waals surface area contributed by atoms with Crippen molar-refractivity contribution in [1.29, 1.82) is 0 Å². The summed E-state index contributed by atoms with van der Waals surface area (Å²) in [4.78, 5) is 38.8. The van der Waals surface area contributed by atoms with Crippen LogP contribution in [-0.4, -0.2) is 35.3 Å². The van der Waals surface area contributed by atoms with Crippen LogP contribution in [0.3, 0.4) is 0 Å². The van der Waals surface area contributed by atoms with E-state index in [1.807, 2.05) is 20.8 Å². The van der Waals surface area contributed by atoms with Crippen LogP contribution >= 0.6 is 0 Å². The van der Waals surface area contributed by atoms with Gasteiger partial charge in [0, 0.05) is 6.04 Å². The van der Waals surface area contributed by atoms with E-state index in [1.54, 1.807) is 0 Å². The van der Waals surface area contributed by atoms with Gasteiger partial charge in [0.05, 0.1) is 0 Å². The number of hydrogen-bond acceptors (Lipinski definition) is 3. The third-order valence-electron chi connectivity index (χ3n) is 4.85. The standard InChI is InChI=1S/C20H28FN3O3/c1-4-6-12-20(15-8-10-16(21)11-9-15)18(26)24(19(27)23-20)13-17(25)22-14(3)7-5-2/h8-11,14H,4-7,12-13H2,1-3H3,(H,22,25)(H,23,27)/t14-,20-/m0/s1. The van der Waals surface area contributed by atoms with Gasteiger partial charge >= 0.3 is 6.03 Å². The second kappa shape index (κ2) is 8.97. The number of halogens is 1. The minimum absolute atomic E-state index is 0.0230. The van der Waals surface area contributed by atoms with E-state index in [2.05, 4.69) is 10.6 Å². The Morgan fingerprint density at radius 1 is 1.22 bits per heavy atom. The molecule has 4 amide bonds. The van der Waals surface area contributed by atoms with E-state index in [-0.39, 0.29) is 18.5 Å². The summed E-state index contributed by atoms with van der Waals surface area (Å²) in [7, 11) is 0. The van der Waals surface area contributed by atoms with Crippen molar-refractivity contribution in [2.24, 2.45) is 0 Å². The molecule has 0 aliphatic carbocycles. The molecule has 2 rings (SSSR count). The third kappa shape index (κ3) is 4.64. The molecule has 1 aromatic carbocycles. The highest BCUT2D eigenvalue weighted by atomic mass is 19.1. The number of rotatable bonds is 9. The van der Waals surface area contributed by atoms with Crippen molar-refractivity contribution in [3.05, 3.63) is 35.6 Å². The molecule has 27 heavy (non-hydrogen) atoms. The molecular formula is C20H28FN3O3. The van der Waals surface area contributed by atoms with E-state index in [0.717, 1.165) is 24.2 Å². The van der Waals surface area contributed by atoms with Gasteiger partial charge < -0.3 is 10.6 Å². The quantitative estimate of drug-likeness (QED) is 0.649. The Balaban J connectivity index is 2.22. The zero-order valence-corrected chi connectivity index (χ0v) is 16.2. The van der Waals surface area contributed by atoms with Gasteiger partial charge in [-0.3, -0.25) is 14.5 Å². The Kier molecular flexibility index (Phi) is 6.93. The molecule has 1 aliphatic heterocycles. The van der Waals surface area contributed by atoms with Gasteiger partial charge in [-0.05, 0) is 37.5 Å². The number of urea groups is 1. The Labute approximate surface area is 159 Å². The fraction of sp³-hybridized carbons (Fsp3) is 0.550. The molecule has 0 radical (unpaired) electrons. The average molecular weight is 377 g/mol. The molecule has 0 bridgehead atoms. The molecule has 1 aliphatic rings. The number of carbonyl (C=O) groups excluding carboxylic acids is 3. The summed E-state index contributed by atoms with van der Waals surface area (Å²) >= 11 is 0. The van der Waals surface area contributed by atoms with Crippen molar-refractivity contribution in [3.63, 3.8) is 0 Å². The van der Waals surface area contributed by atoms with Crippen LogP contribution in [0.2, 0.25) is 0 Å². The molecule has 1 aromatic rings. The lowest BCUT2D eigenvalue weighted by Crippen LogP contribution is -2.46. The highest BCUT2D eigenvalue weighted by molar-refractivity contribution is 6.09. The van der Waals surface area contributed by atoms with Gasteiger partial charge in [0.15, 0.2) is 0 Å². The maximum atomic E-state index is 13.3. The molecule has 7 heteroatoms. The molecule has 6 nitrogen and oxygen atoms in total. The first-order chi connectivity index (χ1) is 12.8. The van der Waals surface area contributed by atoms with E-state index in [0.29, 0.717) is 18.4 Å². The second-order valence-electron chi connectivity index (χ2n) is 7.09. The monoisotopic (exact) mass is 377 g/mol. The van der Waals surface area contributed by atoms with Crippen molar-refractivity contribution in [1.82, 2.24) is 15.5 Å². The van der Waals surface area contributed by atoms with Crippen molar-refractivity contribution >= 4 is 17.8 Å². The Bertz CT molecular complexity index is 692. The summed E-state index contributed by atoms with van der Waals surface area (Å²) in [5.41, 5.74) is -0.728. The van der Waals surface area contributed by atoms with Crippen molar-refractivity contribution in [2.45, 2.75) is 64.5 Å². The van der Waals surface area contributed by atoms with Crippen LogP contribution < -0.4 is 10.6 Å². The molecule has 148 valence electrons. The lowest BCUT2D eigenvalue weighted by molar-refractivity contribution is -0.135. The summed E-state index contributed by atoms with van der Waals surface area (Å²) in [6.45, 7) is 5.57. The van der Waals surface area contributed by atoms with Crippen molar-refractivity contribution in [3.8, 4) is 0 Å². The van der Waals surface area contributed by atoms with Crippen LogP contribution in [0.25, 0.3) is 0 Å². The zero-order valence-electron chi connectivity index (χ0n) is 16.2. The van der Waals surface area contributed by atoms with Gasteiger partial charge in [0.25, 0.3) is 5.91 Å². The summed E-state index contributed by atoms with van der Waals surface area (Å²) in [5.74, 6) is -1.25.